The van der Waals surface area contributed by atoms with Gasteiger partial charge >= 0.3 is 0 Å². The molecule has 128 valence electrons. The van der Waals surface area contributed by atoms with Gasteiger partial charge in [0.2, 0.25) is 0 Å². The predicted octanol–water partition coefficient (Wildman–Crippen LogP) is 3.40. The maximum absolute atomic E-state index is 12.9. The van der Waals surface area contributed by atoms with Crippen molar-refractivity contribution >= 4 is 5.96 Å². The lowest BCUT2D eigenvalue weighted by Gasteiger charge is -2.14. The largest absolute Gasteiger partial charge is 0.496 e. The standard InChI is InChI=1S/C19H24FN3O/c1-4-21-19(22-12-15-6-9-17(20)10-7-15)23-13-16-8-5-14(2)11-18(16)24-3/h5-11H,4,12-13H2,1-3H3,(H2,21,22,23). The van der Waals surface area contributed by atoms with E-state index < -0.39 is 0 Å². The summed E-state index contributed by atoms with van der Waals surface area (Å²) in [7, 11) is 1.67. The first-order valence-corrected chi connectivity index (χ1v) is 8.02. The average Bonchev–Trinajstić information content (AvgIpc) is 2.59. The van der Waals surface area contributed by atoms with Crippen LogP contribution in [0.25, 0.3) is 0 Å². The number of nitrogens with one attached hydrogen (secondary N) is 2. The van der Waals surface area contributed by atoms with Crippen molar-refractivity contribution in [2.45, 2.75) is 26.9 Å². The average molecular weight is 329 g/mol. The van der Waals surface area contributed by atoms with Crippen LogP contribution in [0.2, 0.25) is 0 Å². The van der Waals surface area contributed by atoms with Gasteiger partial charge < -0.3 is 15.4 Å². The number of guanidine groups is 1. The molecule has 0 radical (unpaired) electrons. The van der Waals surface area contributed by atoms with Crippen LogP contribution in [0, 0.1) is 12.7 Å². The number of halogens is 1. The Kier molecular flexibility index (Phi) is 6.61. The van der Waals surface area contributed by atoms with Crippen LogP contribution in [0.15, 0.2) is 47.5 Å². The quantitative estimate of drug-likeness (QED) is 0.631. The molecule has 0 bridgehead atoms. The molecule has 0 aliphatic carbocycles. The molecule has 0 saturated heterocycles. The van der Waals surface area contributed by atoms with E-state index in [4.69, 9.17) is 4.74 Å². The summed E-state index contributed by atoms with van der Waals surface area (Å²) >= 11 is 0. The Morgan fingerprint density at radius 3 is 2.54 bits per heavy atom. The molecule has 0 heterocycles. The summed E-state index contributed by atoms with van der Waals surface area (Å²) in [5.41, 5.74) is 3.18. The monoisotopic (exact) mass is 329 g/mol. The van der Waals surface area contributed by atoms with E-state index >= 15 is 0 Å². The third-order valence-electron chi connectivity index (χ3n) is 3.57. The minimum Gasteiger partial charge on any atom is -0.496 e. The Morgan fingerprint density at radius 2 is 1.88 bits per heavy atom. The number of ether oxygens (including phenoxy) is 1. The summed E-state index contributed by atoms with van der Waals surface area (Å²) in [5, 5.41) is 6.50. The fraction of sp³-hybridized carbons (Fsp3) is 0.316. The van der Waals surface area contributed by atoms with Crippen molar-refractivity contribution in [1.82, 2.24) is 10.6 Å². The van der Waals surface area contributed by atoms with Gasteiger partial charge in [0.1, 0.15) is 11.6 Å². The van der Waals surface area contributed by atoms with Gasteiger partial charge in [0, 0.05) is 18.7 Å². The van der Waals surface area contributed by atoms with Gasteiger partial charge in [0.25, 0.3) is 0 Å². The highest BCUT2D eigenvalue weighted by Crippen LogP contribution is 2.19. The predicted molar refractivity (Wildman–Crippen MR) is 95.8 cm³/mol. The third-order valence-corrected chi connectivity index (χ3v) is 3.57. The number of hydrogen-bond acceptors (Lipinski definition) is 2. The Bertz CT molecular complexity index is 684. The number of nitrogens with zero attached hydrogens (tertiary/aromatic N) is 1. The van der Waals surface area contributed by atoms with Crippen molar-refractivity contribution in [3.63, 3.8) is 0 Å². The molecule has 0 fully saturated rings. The molecule has 24 heavy (non-hydrogen) atoms. The fourth-order valence-corrected chi connectivity index (χ4v) is 2.28. The molecule has 2 N–H and O–H groups in total. The first-order chi connectivity index (χ1) is 11.6. The summed E-state index contributed by atoms with van der Waals surface area (Å²) in [6, 6.07) is 12.5. The zero-order chi connectivity index (χ0) is 17.4. The van der Waals surface area contributed by atoms with E-state index in [0.717, 1.165) is 29.0 Å². The smallest absolute Gasteiger partial charge is 0.191 e. The summed E-state index contributed by atoms with van der Waals surface area (Å²) in [5.74, 6) is 1.33. The number of rotatable bonds is 6. The Balaban J connectivity index is 2.02. The Labute approximate surface area is 142 Å². The van der Waals surface area contributed by atoms with Crippen LogP contribution >= 0.6 is 0 Å². The van der Waals surface area contributed by atoms with E-state index in [2.05, 4.69) is 21.7 Å². The second-order valence-corrected chi connectivity index (χ2v) is 5.49. The number of aryl methyl sites for hydroxylation is 1. The maximum atomic E-state index is 12.9. The van der Waals surface area contributed by atoms with Gasteiger partial charge in [-0.25, -0.2) is 9.38 Å². The molecule has 0 aliphatic heterocycles. The molecule has 0 spiro atoms. The zero-order valence-electron chi connectivity index (χ0n) is 14.4. The topological polar surface area (TPSA) is 45.7 Å². The van der Waals surface area contributed by atoms with E-state index in [1.165, 1.54) is 12.1 Å². The van der Waals surface area contributed by atoms with E-state index in [-0.39, 0.29) is 5.82 Å². The highest BCUT2D eigenvalue weighted by Gasteiger charge is 2.05. The highest BCUT2D eigenvalue weighted by atomic mass is 19.1. The van der Waals surface area contributed by atoms with Crippen molar-refractivity contribution in [2.24, 2.45) is 4.99 Å². The summed E-state index contributed by atoms with van der Waals surface area (Å²) in [4.78, 5) is 4.53. The first-order valence-electron chi connectivity index (χ1n) is 8.02. The lowest BCUT2D eigenvalue weighted by Crippen LogP contribution is -2.36. The molecule has 2 rings (SSSR count). The molecule has 0 aliphatic rings. The third kappa shape index (κ3) is 5.26. The lowest BCUT2D eigenvalue weighted by atomic mass is 10.1. The number of hydrogen-bond donors (Lipinski definition) is 2. The fourth-order valence-electron chi connectivity index (χ4n) is 2.28. The van der Waals surface area contributed by atoms with E-state index in [1.54, 1.807) is 19.2 Å². The molecule has 0 aromatic heterocycles. The van der Waals surface area contributed by atoms with Gasteiger partial charge in [-0.15, -0.1) is 0 Å². The molecule has 5 heteroatoms. The molecular weight excluding hydrogens is 305 g/mol. The molecule has 2 aromatic carbocycles. The molecule has 0 unspecified atom stereocenters. The Morgan fingerprint density at radius 1 is 1.12 bits per heavy atom. The van der Waals surface area contributed by atoms with E-state index in [9.17, 15) is 4.39 Å². The minimum atomic E-state index is -0.237. The summed E-state index contributed by atoms with van der Waals surface area (Å²) in [6.45, 7) is 5.91. The number of aliphatic imine (C=N–C) groups is 1. The van der Waals surface area contributed by atoms with Crippen LogP contribution < -0.4 is 15.4 Å². The van der Waals surface area contributed by atoms with Gasteiger partial charge in [0.15, 0.2) is 5.96 Å². The summed E-state index contributed by atoms with van der Waals surface area (Å²) in [6.07, 6.45) is 0. The van der Waals surface area contributed by atoms with Crippen molar-refractivity contribution in [3.8, 4) is 5.75 Å². The second kappa shape index (κ2) is 8.91. The van der Waals surface area contributed by atoms with Gasteiger partial charge in [-0.05, 0) is 43.2 Å². The van der Waals surface area contributed by atoms with Crippen molar-refractivity contribution < 1.29 is 9.13 Å². The summed E-state index contributed by atoms with van der Waals surface area (Å²) < 4.78 is 18.4. The van der Waals surface area contributed by atoms with E-state index in [1.807, 2.05) is 26.0 Å². The van der Waals surface area contributed by atoms with Crippen molar-refractivity contribution in [1.29, 1.82) is 0 Å². The molecule has 0 amide bonds. The van der Waals surface area contributed by atoms with Gasteiger partial charge in [0.05, 0.1) is 13.7 Å². The maximum Gasteiger partial charge on any atom is 0.191 e. The van der Waals surface area contributed by atoms with Crippen LogP contribution in [0.4, 0.5) is 4.39 Å². The molecule has 0 atom stereocenters. The Hall–Kier alpha value is -2.56. The van der Waals surface area contributed by atoms with Crippen LogP contribution in [0.1, 0.15) is 23.6 Å². The second-order valence-electron chi connectivity index (χ2n) is 5.49. The molecular formula is C19H24FN3O. The van der Waals surface area contributed by atoms with E-state index in [0.29, 0.717) is 19.0 Å². The molecule has 0 saturated carbocycles. The molecule has 2 aromatic rings. The van der Waals surface area contributed by atoms with Gasteiger partial charge in [-0.1, -0.05) is 24.3 Å². The number of methoxy groups -OCH3 is 1. The van der Waals surface area contributed by atoms with Crippen LogP contribution in [-0.4, -0.2) is 19.6 Å². The van der Waals surface area contributed by atoms with Crippen LogP contribution in [0.5, 0.6) is 5.75 Å². The zero-order valence-corrected chi connectivity index (χ0v) is 14.4. The van der Waals surface area contributed by atoms with Gasteiger partial charge in [-0.2, -0.15) is 0 Å². The molecule has 4 nitrogen and oxygen atoms in total. The lowest BCUT2D eigenvalue weighted by molar-refractivity contribution is 0.408. The number of benzene rings is 2. The van der Waals surface area contributed by atoms with Crippen molar-refractivity contribution in [2.75, 3.05) is 13.7 Å². The van der Waals surface area contributed by atoms with Crippen LogP contribution in [-0.2, 0) is 13.1 Å². The van der Waals surface area contributed by atoms with Crippen molar-refractivity contribution in [3.05, 3.63) is 65.0 Å². The highest BCUT2D eigenvalue weighted by molar-refractivity contribution is 5.79. The normalized spacial score (nSPS) is 11.2. The minimum absolute atomic E-state index is 0.237. The van der Waals surface area contributed by atoms with Crippen LogP contribution in [0.3, 0.4) is 0 Å². The van der Waals surface area contributed by atoms with Gasteiger partial charge in [-0.3, -0.25) is 0 Å². The SMILES string of the molecule is CCNC(=NCc1ccc(F)cc1)NCc1ccc(C)cc1OC. The first kappa shape index (κ1) is 17.8.